The number of hydrogen-bond donors (Lipinski definition) is 1. The maximum Gasteiger partial charge on any atom is 0.295 e. The number of aliphatic hydroxyl groups is 1. The quantitative estimate of drug-likeness (QED) is 0.180. The van der Waals surface area contributed by atoms with E-state index in [0.717, 1.165) is 30.6 Å². The molecule has 38 heavy (non-hydrogen) atoms. The highest BCUT2D eigenvalue weighted by molar-refractivity contribution is 6.46. The second kappa shape index (κ2) is 12.3. The SMILES string of the molecule is CCCCCOc1ccc([C@@H]2C(=C(O)c3ccc4c(c3)C[C@H](C)O4)C(=O)C(=O)N2CCOC)cc1OCC. The Kier molecular flexibility index (Phi) is 8.94. The van der Waals surface area contributed by atoms with E-state index in [9.17, 15) is 14.7 Å². The minimum Gasteiger partial charge on any atom is -0.507 e. The van der Waals surface area contributed by atoms with Gasteiger partial charge in [0.25, 0.3) is 11.7 Å². The number of carbonyl (C=O) groups excluding carboxylic acids is 2. The Hall–Kier alpha value is -3.52. The van der Waals surface area contributed by atoms with Gasteiger partial charge in [-0.25, -0.2) is 0 Å². The van der Waals surface area contributed by atoms with E-state index < -0.39 is 17.7 Å². The average molecular weight is 524 g/mol. The van der Waals surface area contributed by atoms with Gasteiger partial charge >= 0.3 is 0 Å². The van der Waals surface area contributed by atoms with Crippen molar-refractivity contribution in [2.24, 2.45) is 0 Å². The molecule has 4 rings (SSSR count). The van der Waals surface area contributed by atoms with Crippen LogP contribution in [-0.2, 0) is 20.7 Å². The largest absolute Gasteiger partial charge is 0.507 e. The first-order chi connectivity index (χ1) is 18.4. The van der Waals surface area contributed by atoms with Crippen LogP contribution >= 0.6 is 0 Å². The van der Waals surface area contributed by atoms with Crippen LogP contribution in [0, 0.1) is 0 Å². The lowest BCUT2D eigenvalue weighted by Crippen LogP contribution is -2.32. The third-order valence-electron chi connectivity index (χ3n) is 6.83. The molecule has 0 aromatic heterocycles. The number of rotatable bonds is 12. The monoisotopic (exact) mass is 523 g/mol. The fraction of sp³-hybridized carbons (Fsp3) is 0.467. The molecule has 2 heterocycles. The number of ether oxygens (including phenoxy) is 4. The van der Waals surface area contributed by atoms with Crippen LogP contribution in [0.2, 0.25) is 0 Å². The molecule has 2 atom stereocenters. The lowest BCUT2D eigenvalue weighted by atomic mass is 9.94. The maximum absolute atomic E-state index is 13.3. The second-order valence-corrected chi connectivity index (χ2v) is 9.64. The number of hydrogen-bond acceptors (Lipinski definition) is 7. The summed E-state index contributed by atoms with van der Waals surface area (Å²) in [4.78, 5) is 27.9. The maximum atomic E-state index is 13.3. The molecular weight excluding hydrogens is 486 g/mol. The number of amides is 1. The fourth-order valence-corrected chi connectivity index (χ4v) is 4.99. The number of fused-ring (bicyclic) bond motifs is 1. The Morgan fingerprint density at radius 1 is 1.05 bits per heavy atom. The number of carbonyl (C=O) groups is 2. The Balaban J connectivity index is 1.76. The molecular formula is C30H37NO7. The summed E-state index contributed by atoms with van der Waals surface area (Å²) in [6, 6.07) is 9.94. The molecule has 1 saturated heterocycles. The normalized spacial score (nSPS) is 19.9. The molecule has 1 fully saturated rings. The summed E-state index contributed by atoms with van der Waals surface area (Å²) in [5.41, 5.74) is 2.11. The Morgan fingerprint density at radius 3 is 2.61 bits per heavy atom. The van der Waals surface area contributed by atoms with Crippen LogP contribution in [0.15, 0.2) is 42.0 Å². The van der Waals surface area contributed by atoms with E-state index >= 15 is 0 Å². The standard InChI is InChI=1S/C30H37NO7/c1-5-7-8-14-37-24-12-9-20(18-25(24)36-6-2)27-26(29(33)30(34)31(27)13-15-35-4)28(32)21-10-11-23-22(17-21)16-19(3)38-23/h9-12,17-19,27,32H,5-8,13-16H2,1-4H3/t19-,27+/m0/s1. The summed E-state index contributed by atoms with van der Waals surface area (Å²) in [6.07, 6.45) is 3.85. The van der Waals surface area contributed by atoms with Gasteiger partial charge in [-0.1, -0.05) is 25.8 Å². The van der Waals surface area contributed by atoms with E-state index in [-0.39, 0.29) is 30.6 Å². The van der Waals surface area contributed by atoms with Gasteiger partial charge in [0.1, 0.15) is 17.6 Å². The molecule has 0 saturated carbocycles. The molecule has 0 radical (unpaired) electrons. The van der Waals surface area contributed by atoms with E-state index in [1.54, 1.807) is 24.3 Å². The van der Waals surface area contributed by atoms with Gasteiger partial charge in [0.05, 0.1) is 31.4 Å². The van der Waals surface area contributed by atoms with Crippen molar-refractivity contribution >= 4 is 17.4 Å². The number of likely N-dealkylation sites (tertiary alicyclic amines) is 1. The third kappa shape index (κ3) is 5.65. The zero-order chi connectivity index (χ0) is 27.2. The van der Waals surface area contributed by atoms with Crippen molar-refractivity contribution in [1.82, 2.24) is 4.90 Å². The highest BCUT2D eigenvalue weighted by atomic mass is 16.5. The Labute approximate surface area is 224 Å². The van der Waals surface area contributed by atoms with Gasteiger partial charge in [0.15, 0.2) is 11.5 Å². The van der Waals surface area contributed by atoms with Crippen LogP contribution in [0.4, 0.5) is 0 Å². The molecule has 2 aliphatic rings. The number of benzene rings is 2. The number of methoxy groups -OCH3 is 1. The molecule has 1 amide bonds. The van der Waals surface area contributed by atoms with Crippen molar-refractivity contribution in [3.8, 4) is 17.2 Å². The Morgan fingerprint density at radius 2 is 1.87 bits per heavy atom. The van der Waals surface area contributed by atoms with Crippen LogP contribution in [-0.4, -0.2) is 61.3 Å². The zero-order valence-electron chi connectivity index (χ0n) is 22.6. The molecule has 204 valence electrons. The molecule has 1 N–H and O–H groups in total. The smallest absolute Gasteiger partial charge is 0.295 e. The first-order valence-electron chi connectivity index (χ1n) is 13.4. The predicted molar refractivity (Wildman–Crippen MR) is 144 cm³/mol. The minimum atomic E-state index is -0.804. The van der Waals surface area contributed by atoms with Crippen molar-refractivity contribution in [1.29, 1.82) is 0 Å². The van der Waals surface area contributed by atoms with E-state index in [4.69, 9.17) is 18.9 Å². The first-order valence-corrected chi connectivity index (χ1v) is 13.4. The minimum absolute atomic E-state index is 0.0390. The molecule has 2 aromatic carbocycles. The molecule has 0 bridgehead atoms. The van der Waals surface area contributed by atoms with E-state index in [0.29, 0.717) is 42.3 Å². The molecule has 2 aliphatic heterocycles. The van der Waals surface area contributed by atoms with Gasteiger partial charge < -0.3 is 29.0 Å². The van der Waals surface area contributed by atoms with Gasteiger partial charge in [-0.2, -0.15) is 0 Å². The van der Waals surface area contributed by atoms with Crippen molar-refractivity contribution in [3.63, 3.8) is 0 Å². The van der Waals surface area contributed by atoms with Gasteiger partial charge in [0.2, 0.25) is 0 Å². The number of aliphatic hydroxyl groups excluding tert-OH is 1. The second-order valence-electron chi connectivity index (χ2n) is 9.64. The van der Waals surface area contributed by atoms with Crippen LogP contribution < -0.4 is 14.2 Å². The van der Waals surface area contributed by atoms with Crippen LogP contribution in [0.5, 0.6) is 17.2 Å². The van der Waals surface area contributed by atoms with Crippen molar-refractivity contribution in [2.45, 2.75) is 58.6 Å². The van der Waals surface area contributed by atoms with Crippen molar-refractivity contribution in [3.05, 3.63) is 58.7 Å². The lowest BCUT2D eigenvalue weighted by molar-refractivity contribution is -0.140. The third-order valence-corrected chi connectivity index (χ3v) is 6.83. The number of unbranched alkanes of at least 4 members (excludes halogenated alkanes) is 2. The molecule has 8 nitrogen and oxygen atoms in total. The van der Waals surface area contributed by atoms with E-state index in [1.807, 2.05) is 26.0 Å². The van der Waals surface area contributed by atoms with Gasteiger partial charge in [-0.05, 0) is 61.7 Å². The van der Waals surface area contributed by atoms with Gasteiger partial charge in [-0.3, -0.25) is 9.59 Å². The summed E-state index contributed by atoms with van der Waals surface area (Å²) in [5, 5.41) is 11.4. The average Bonchev–Trinajstić information content (AvgIpc) is 3.41. The molecule has 2 aromatic rings. The molecule has 0 unspecified atom stereocenters. The van der Waals surface area contributed by atoms with E-state index in [2.05, 4.69) is 6.92 Å². The summed E-state index contributed by atoms with van der Waals surface area (Å²) in [7, 11) is 1.54. The van der Waals surface area contributed by atoms with Gasteiger partial charge in [-0.15, -0.1) is 0 Å². The summed E-state index contributed by atoms with van der Waals surface area (Å²) in [6.45, 7) is 7.43. The highest BCUT2D eigenvalue weighted by Gasteiger charge is 2.46. The highest BCUT2D eigenvalue weighted by Crippen LogP contribution is 2.42. The van der Waals surface area contributed by atoms with Crippen LogP contribution in [0.3, 0.4) is 0 Å². The topological polar surface area (TPSA) is 94.5 Å². The Bertz CT molecular complexity index is 1210. The van der Waals surface area contributed by atoms with Crippen LogP contribution in [0.25, 0.3) is 5.76 Å². The fourth-order valence-electron chi connectivity index (χ4n) is 4.99. The summed E-state index contributed by atoms with van der Waals surface area (Å²) in [5.74, 6) is 0.280. The van der Waals surface area contributed by atoms with E-state index in [1.165, 1.54) is 12.0 Å². The van der Waals surface area contributed by atoms with Crippen molar-refractivity contribution < 1.29 is 33.6 Å². The lowest BCUT2D eigenvalue weighted by Gasteiger charge is -2.26. The summed E-state index contributed by atoms with van der Waals surface area (Å²) >= 11 is 0. The molecule has 0 aliphatic carbocycles. The summed E-state index contributed by atoms with van der Waals surface area (Å²) < 4.78 is 22.8. The van der Waals surface area contributed by atoms with Crippen molar-refractivity contribution in [2.75, 3.05) is 33.5 Å². The predicted octanol–water partition coefficient (Wildman–Crippen LogP) is 5.05. The number of ketones is 1. The zero-order valence-corrected chi connectivity index (χ0v) is 22.6. The first kappa shape index (κ1) is 27.5. The molecule has 8 heteroatoms. The van der Waals surface area contributed by atoms with Crippen LogP contribution in [0.1, 0.15) is 62.8 Å². The van der Waals surface area contributed by atoms with Gasteiger partial charge in [0, 0.05) is 25.6 Å². The number of Topliss-reactive ketones (excluding diaryl/α,β-unsaturated/α-hetero) is 1. The number of nitrogens with zero attached hydrogens (tertiary/aromatic N) is 1. The molecule has 0 spiro atoms.